The molecule has 0 spiro atoms. The molecule has 0 unspecified atom stereocenters. The summed E-state index contributed by atoms with van der Waals surface area (Å²) in [7, 11) is -3.63. The second kappa shape index (κ2) is 5.52. The highest BCUT2D eigenvalue weighted by molar-refractivity contribution is 7.89. The normalized spacial score (nSPS) is 12.3. The molecule has 0 fully saturated rings. The Morgan fingerprint density at radius 1 is 1.10 bits per heavy atom. The van der Waals surface area contributed by atoms with Crippen molar-refractivity contribution in [3.63, 3.8) is 0 Å². The molecule has 1 N–H and O–H groups in total. The summed E-state index contributed by atoms with van der Waals surface area (Å²) >= 11 is 5.77. The summed E-state index contributed by atoms with van der Waals surface area (Å²) in [4.78, 5) is 4.37. The molecule has 6 heteroatoms. The zero-order valence-electron chi connectivity index (χ0n) is 11.2. The van der Waals surface area contributed by atoms with Crippen molar-refractivity contribution in [1.82, 2.24) is 9.71 Å². The van der Waals surface area contributed by atoms with E-state index in [4.69, 9.17) is 11.6 Å². The predicted octanol–water partition coefficient (Wildman–Crippen LogP) is 2.95. The molecule has 1 aromatic carbocycles. The summed E-state index contributed by atoms with van der Waals surface area (Å²) in [6.07, 6.45) is 1.63. The number of nitrogens with zero attached hydrogens (tertiary/aromatic N) is 1. The van der Waals surface area contributed by atoms with Gasteiger partial charge in [0, 0.05) is 11.2 Å². The first-order valence-corrected chi connectivity index (χ1v) is 7.88. The lowest BCUT2D eigenvalue weighted by Crippen LogP contribution is -2.41. The zero-order valence-corrected chi connectivity index (χ0v) is 12.7. The second-order valence-electron chi connectivity index (χ2n) is 4.90. The van der Waals surface area contributed by atoms with Gasteiger partial charge in [-0.1, -0.05) is 17.7 Å². The Hall–Kier alpha value is -1.43. The minimum absolute atomic E-state index is 0.172. The van der Waals surface area contributed by atoms with Gasteiger partial charge in [0.15, 0.2) is 0 Å². The van der Waals surface area contributed by atoms with Crippen molar-refractivity contribution in [2.24, 2.45) is 0 Å². The highest BCUT2D eigenvalue weighted by atomic mass is 35.5. The van der Waals surface area contributed by atoms with Crippen LogP contribution in [0.2, 0.25) is 5.02 Å². The van der Waals surface area contributed by atoms with Crippen LogP contribution in [0.5, 0.6) is 0 Å². The van der Waals surface area contributed by atoms with Crippen molar-refractivity contribution in [3.05, 3.63) is 59.4 Å². The number of hydrogen-bond acceptors (Lipinski definition) is 3. The predicted molar refractivity (Wildman–Crippen MR) is 79.0 cm³/mol. The van der Waals surface area contributed by atoms with Crippen LogP contribution in [0, 0.1) is 0 Å². The molecule has 0 radical (unpaired) electrons. The fraction of sp³-hybridized carbons (Fsp3) is 0.214. The second-order valence-corrected chi connectivity index (χ2v) is 7.02. The summed E-state index contributed by atoms with van der Waals surface area (Å²) in [6, 6.07) is 11.4. The molecular weight excluding hydrogens is 296 g/mol. The highest BCUT2D eigenvalue weighted by Crippen LogP contribution is 2.22. The Morgan fingerprint density at radius 2 is 1.75 bits per heavy atom. The summed E-state index contributed by atoms with van der Waals surface area (Å²) < 4.78 is 27.4. The number of pyridine rings is 1. The van der Waals surface area contributed by atoms with Crippen LogP contribution in [0.4, 0.5) is 0 Å². The maximum atomic E-state index is 12.4. The van der Waals surface area contributed by atoms with Crippen LogP contribution in [0.1, 0.15) is 19.5 Å². The summed E-state index contributed by atoms with van der Waals surface area (Å²) in [5.74, 6) is 0. The van der Waals surface area contributed by atoms with Gasteiger partial charge in [-0.05, 0) is 50.2 Å². The van der Waals surface area contributed by atoms with Crippen LogP contribution in [0.15, 0.2) is 53.6 Å². The molecule has 2 rings (SSSR count). The largest absolute Gasteiger partial charge is 0.259 e. The summed E-state index contributed by atoms with van der Waals surface area (Å²) in [5, 5.41) is 0.493. The summed E-state index contributed by atoms with van der Waals surface area (Å²) in [5.41, 5.74) is -0.155. The average molecular weight is 311 g/mol. The van der Waals surface area contributed by atoms with Crippen molar-refractivity contribution >= 4 is 21.6 Å². The van der Waals surface area contributed by atoms with E-state index in [-0.39, 0.29) is 4.90 Å². The van der Waals surface area contributed by atoms with Crippen molar-refractivity contribution in [1.29, 1.82) is 0 Å². The maximum absolute atomic E-state index is 12.4. The molecule has 0 saturated carbocycles. The van der Waals surface area contributed by atoms with E-state index in [0.29, 0.717) is 10.7 Å². The molecule has 106 valence electrons. The molecule has 2 aromatic rings. The van der Waals surface area contributed by atoms with Gasteiger partial charge < -0.3 is 0 Å². The van der Waals surface area contributed by atoms with Crippen molar-refractivity contribution in [3.8, 4) is 0 Å². The van der Waals surface area contributed by atoms with E-state index in [1.54, 1.807) is 44.3 Å². The molecular formula is C14H15ClN2O2S. The van der Waals surface area contributed by atoms with Gasteiger partial charge in [0.25, 0.3) is 0 Å². The smallest absolute Gasteiger partial charge is 0.241 e. The quantitative estimate of drug-likeness (QED) is 0.944. The first-order chi connectivity index (χ1) is 9.31. The molecule has 0 aliphatic heterocycles. The third kappa shape index (κ3) is 3.36. The van der Waals surface area contributed by atoms with Gasteiger partial charge in [-0.25, -0.2) is 8.42 Å². The standard InChI is InChI=1S/C14H15ClN2O2S/c1-14(2,13-5-3-4-10-16-13)17-20(18,19)12-8-6-11(15)7-9-12/h3-10,17H,1-2H3. The van der Waals surface area contributed by atoms with Crippen molar-refractivity contribution in [2.45, 2.75) is 24.3 Å². The number of aromatic nitrogens is 1. The van der Waals surface area contributed by atoms with Gasteiger partial charge >= 0.3 is 0 Å². The number of rotatable bonds is 4. The first-order valence-electron chi connectivity index (χ1n) is 6.02. The van der Waals surface area contributed by atoms with Gasteiger partial charge in [0.2, 0.25) is 10.0 Å². The number of hydrogen-bond donors (Lipinski definition) is 1. The lowest BCUT2D eigenvalue weighted by atomic mass is 10.0. The van der Waals surface area contributed by atoms with E-state index in [2.05, 4.69) is 9.71 Å². The van der Waals surface area contributed by atoms with E-state index >= 15 is 0 Å². The Kier molecular flexibility index (Phi) is 4.13. The first kappa shape index (κ1) is 15.0. The molecule has 0 amide bonds. The average Bonchev–Trinajstić information content (AvgIpc) is 2.39. The molecule has 1 heterocycles. The Balaban J connectivity index is 2.30. The third-order valence-corrected chi connectivity index (χ3v) is 4.74. The van der Waals surface area contributed by atoms with Gasteiger partial charge in [0.1, 0.15) is 0 Å². The Morgan fingerprint density at radius 3 is 2.30 bits per heavy atom. The monoisotopic (exact) mass is 310 g/mol. The highest BCUT2D eigenvalue weighted by Gasteiger charge is 2.28. The van der Waals surface area contributed by atoms with E-state index < -0.39 is 15.6 Å². The van der Waals surface area contributed by atoms with Gasteiger partial charge in [0.05, 0.1) is 16.1 Å². The number of nitrogens with one attached hydrogen (secondary N) is 1. The minimum Gasteiger partial charge on any atom is -0.259 e. The van der Waals surface area contributed by atoms with E-state index in [0.717, 1.165) is 0 Å². The number of halogens is 1. The Labute approximate surface area is 123 Å². The van der Waals surface area contributed by atoms with Crippen molar-refractivity contribution < 1.29 is 8.42 Å². The van der Waals surface area contributed by atoms with E-state index in [1.807, 2.05) is 6.07 Å². The molecule has 4 nitrogen and oxygen atoms in total. The number of sulfonamides is 1. The van der Waals surface area contributed by atoms with E-state index in [9.17, 15) is 8.42 Å². The van der Waals surface area contributed by atoms with Crippen LogP contribution >= 0.6 is 11.6 Å². The third-order valence-electron chi connectivity index (χ3n) is 2.82. The topological polar surface area (TPSA) is 59.1 Å². The van der Waals surface area contributed by atoms with Gasteiger partial charge in [-0.3, -0.25) is 4.98 Å². The van der Waals surface area contributed by atoms with Crippen LogP contribution in [0.25, 0.3) is 0 Å². The van der Waals surface area contributed by atoms with Crippen LogP contribution in [-0.4, -0.2) is 13.4 Å². The molecule has 0 aliphatic carbocycles. The van der Waals surface area contributed by atoms with Gasteiger partial charge in [-0.15, -0.1) is 0 Å². The zero-order chi connectivity index (χ0) is 14.8. The number of benzene rings is 1. The SMILES string of the molecule is CC(C)(NS(=O)(=O)c1ccc(Cl)cc1)c1ccccn1. The maximum Gasteiger partial charge on any atom is 0.241 e. The Bertz CT molecular complexity index is 683. The lowest BCUT2D eigenvalue weighted by Gasteiger charge is -2.25. The molecule has 0 bridgehead atoms. The van der Waals surface area contributed by atoms with Crippen LogP contribution in [0.3, 0.4) is 0 Å². The molecule has 0 atom stereocenters. The molecule has 0 aliphatic rings. The van der Waals surface area contributed by atoms with E-state index in [1.165, 1.54) is 12.1 Å². The molecule has 1 aromatic heterocycles. The fourth-order valence-corrected chi connectivity index (χ4v) is 3.31. The summed E-state index contributed by atoms with van der Waals surface area (Å²) in [6.45, 7) is 3.53. The van der Waals surface area contributed by atoms with Crippen LogP contribution < -0.4 is 4.72 Å². The minimum atomic E-state index is -3.63. The van der Waals surface area contributed by atoms with Gasteiger partial charge in [-0.2, -0.15) is 4.72 Å². The molecule has 20 heavy (non-hydrogen) atoms. The molecule has 0 saturated heterocycles. The lowest BCUT2D eigenvalue weighted by molar-refractivity contribution is 0.460. The van der Waals surface area contributed by atoms with Crippen molar-refractivity contribution in [2.75, 3.05) is 0 Å². The fourth-order valence-electron chi connectivity index (χ4n) is 1.79. The van der Waals surface area contributed by atoms with Crippen LogP contribution in [-0.2, 0) is 15.6 Å².